The molecule has 30 heavy (non-hydrogen) atoms. The lowest BCUT2D eigenvalue weighted by atomic mass is 9.97. The van der Waals surface area contributed by atoms with Gasteiger partial charge < -0.3 is 20.3 Å². The smallest absolute Gasteiger partial charge is 0.328 e. The molecule has 164 valence electrons. The lowest BCUT2D eigenvalue weighted by Gasteiger charge is -2.38. The molecule has 1 aliphatic rings. The second-order valence-electron chi connectivity index (χ2n) is 7.63. The molecule has 0 bridgehead atoms. The number of carbonyl (C=O) groups is 1. The first kappa shape index (κ1) is 21.9. The van der Waals surface area contributed by atoms with E-state index in [2.05, 4.69) is 15.4 Å². The predicted molar refractivity (Wildman–Crippen MR) is 106 cm³/mol. The maximum Gasteiger partial charge on any atom is 0.328 e. The summed E-state index contributed by atoms with van der Waals surface area (Å²) in [6.07, 6.45) is 0.370. The van der Waals surface area contributed by atoms with Gasteiger partial charge in [-0.1, -0.05) is 0 Å². The van der Waals surface area contributed by atoms with Crippen LogP contribution in [0.2, 0.25) is 0 Å². The number of aromatic amines is 1. The summed E-state index contributed by atoms with van der Waals surface area (Å²) in [4.78, 5) is 37.9. The molecular formula is C19H27N5O6. The van der Waals surface area contributed by atoms with E-state index in [0.717, 1.165) is 11.3 Å². The monoisotopic (exact) mass is 421 g/mol. The second kappa shape index (κ2) is 8.94. The van der Waals surface area contributed by atoms with Gasteiger partial charge in [0.2, 0.25) is 5.91 Å². The highest BCUT2D eigenvalue weighted by atomic mass is 16.5. The molecule has 11 heteroatoms. The number of nitrogens with zero attached hydrogens (tertiary/aromatic N) is 3. The van der Waals surface area contributed by atoms with Crippen molar-refractivity contribution in [3.63, 3.8) is 0 Å². The van der Waals surface area contributed by atoms with Gasteiger partial charge in [-0.3, -0.25) is 23.8 Å². The third kappa shape index (κ3) is 4.69. The lowest BCUT2D eigenvalue weighted by Crippen LogP contribution is -2.60. The van der Waals surface area contributed by atoms with E-state index in [1.807, 2.05) is 14.0 Å². The lowest BCUT2D eigenvalue weighted by molar-refractivity contribution is -0.158. The van der Waals surface area contributed by atoms with Crippen molar-refractivity contribution in [2.75, 3.05) is 6.61 Å². The number of aliphatic hydroxyl groups is 2. The van der Waals surface area contributed by atoms with Crippen molar-refractivity contribution in [3.8, 4) is 0 Å². The van der Waals surface area contributed by atoms with E-state index < -0.39 is 35.6 Å². The molecule has 0 saturated carbocycles. The Balaban J connectivity index is 1.56. The van der Waals surface area contributed by atoms with Crippen LogP contribution in [-0.4, -0.2) is 66.4 Å². The Bertz CT molecular complexity index is 1030. The summed E-state index contributed by atoms with van der Waals surface area (Å²) in [5, 5.41) is 27.7. The van der Waals surface area contributed by atoms with Crippen LogP contribution in [0.1, 0.15) is 23.2 Å². The van der Waals surface area contributed by atoms with Crippen LogP contribution in [0.25, 0.3) is 0 Å². The SMILES string of the molecule is Cc1cn(C[C@H]2OC[C@@H](NC(=O)CCc3cnn(C)c3C)[C@H](O)[C@@H]2O)c(=O)[nH]c1=O. The normalized spacial score (nSPS) is 24.0. The highest BCUT2D eigenvalue weighted by molar-refractivity contribution is 5.76. The van der Waals surface area contributed by atoms with Crippen LogP contribution in [-0.2, 0) is 29.5 Å². The average Bonchev–Trinajstić information content (AvgIpc) is 3.02. The maximum absolute atomic E-state index is 12.3. The van der Waals surface area contributed by atoms with Gasteiger partial charge in [-0.2, -0.15) is 5.10 Å². The number of nitrogens with one attached hydrogen (secondary N) is 2. The Morgan fingerprint density at radius 3 is 2.73 bits per heavy atom. The molecule has 11 nitrogen and oxygen atoms in total. The highest BCUT2D eigenvalue weighted by Gasteiger charge is 2.39. The first-order chi connectivity index (χ1) is 14.2. The number of aliphatic hydroxyl groups excluding tert-OH is 2. The van der Waals surface area contributed by atoms with E-state index in [9.17, 15) is 24.6 Å². The van der Waals surface area contributed by atoms with Gasteiger partial charge in [0.15, 0.2) is 0 Å². The fourth-order valence-electron chi connectivity index (χ4n) is 3.43. The van der Waals surface area contributed by atoms with Crippen molar-refractivity contribution in [1.82, 2.24) is 24.6 Å². The van der Waals surface area contributed by atoms with E-state index >= 15 is 0 Å². The Morgan fingerprint density at radius 2 is 2.07 bits per heavy atom. The first-order valence-electron chi connectivity index (χ1n) is 9.72. The first-order valence-corrected chi connectivity index (χ1v) is 9.72. The van der Waals surface area contributed by atoms with Crippen LogP contribution in [0.5, 0.6) is 0 Å². The molecule has 0 aromatic carbocycles. The van der Waals surface area contributed by atoms with Crippen molar-refractivity contribution in [3.05, 3.63) is 50.1 Å². The third-order valence-electron chi connectivity index (χ3n) is 5.50. The Kier molecular flexibility index (Phi) is 6.54. The number of hydrogen-bond donors (Lipinski definition) is 4. The largest absolute Gasteiger partial charge is 0.388 e. The van der Waals surface area contributed by atoms with Gasteiger partial charge in [0.05, 0.1) is 25.4 Å². The summed E-state index contributed by atoms with van der Waals surface area (Å²) >= 11 is 0. The van der Waals surface area contributed by atoms with Crippen molar-refractivity contribution >= 4 is 5.91 Å². The molecule has 3 rings (SSSR count). The molecule has 1 aliphatic heterocycles. The highest BCUT2D eigenvalue weighted by Crippen LogP contribution is 2.17. The predicted octanol–water partition coefficient (Wildman–Crippen LogP) is -1.87. The zero-order valence-corrected chi connectivity index (χ0v) is 17.2. The number of H-pyrrole nitrogens is 1. The van der Waals surface area contributed by atoms with Gasteiger partial charge in [-0.15, -0.1) is 0 Å². The van der Waals surface area contributed by atoms with Crippen LogP contribution in [0.3, 0.4) is 0 Å². The zero-order chi connectivity index (χ0) is 22.0. The van der Waals surface area contributed by atoms with Crippen LogP contribution in [0.15, 0.2) is 22.0 Å². The van der Waals surface area contributed by atoms with E-state index in [-0.39, 0.29) is 25.5 Å². The molecular weight excluding hydrogens is 394 g/mol. The minimum atomic E-state index is -1.32. The molecule has 0 unspecified atom stereocenters. The number of carbonyl (C=O) groups excluding carboxylic acids is 1. The van der Waals surface area contributed by atoms with Crippen LogP contribution < -0.4 is 16.6 Å². The summed E-state index contributed by atoms with van der Waals surface area (Å²) in [5.74, 6) is -0.274. The van der Waals surface area contributed by atoms with E-state index in [0.29, 0.717) is 12.0 Å². The zero-order valence-electron chi connectivity index (χ0n) is 17.2. The number of amides is 1. The van der Waals surface area contributed by atoms with E-state index in [1.165, 1.54) is 10.8 Å². The number of aryl methyl sites for hydroxylation is 3. The van der Waals surface area contributed by atoms with E-state index in [1.54, 1.807) is 17.8 Å². The minimum Gasteiger partial charge on any atom is -0.388 e. The van der Waals surface area contributed by atoms with E-state index in [4.69, 9.17) is 4.74 Å². The molecule has 0 aliphatic carbocycles. The molecule has 1 fully saturated rings. The summed E-state index contributed by atoms with van der Waals surface area (Å²) in [5.41, 5.74) is 1.18. The Labute approximate surface area is 172 Å². The molecule has 0 spiro atoms. The molecule has 1 saturated heterocycles. The van der Waals surface area contributed by atoms with Crippen molar-refractivity contribution in [2.45, 2.75) is 57.6 Å². The Morgan fingerprint density at radius 1 is 1.33 bits per heavy atom. The maximum atomic E-state index is 12.3. The molecule has 3 heterocycles. The molecule has 4 N–H and O–H groups in total. The van der Waals surface area contributed by atoms with Gasteiger partial charge in [0.25, 0.3) is 5.56 Å². The summed E-state index contributed by atoms with van der Waals surface area (Å²) in [6, 6.07) is -0.771. The fourth-order valence-corrected chi connectivity index (χ4v) is 3.43. The average molecular weight is 421 g/mol. The standard InChI is InChI=1S/C19H27N5O6/c1-10-7-24(19(29)22-18(10)28)8-14-17(27)16(26)13(9-30-14)21-15(25)5-4-12-6-20-23(3)11(12)2/h6-7,13-14,16-17,26-27H,4-5,8-9H2,1-3H3,(H,21,25)(H,22,28,29)/t13-,14-,16+,17-/m1/s1. The number of ether oxygens (including phenoxy) is 1. The Hall–Kier alpha value is -2.76. The van der Waals surface area contributed by atoms with Crippen molar-refractivity contribution in [1.29, 1.82) is 0 Å². The minimum absolute atomic E-state index is 0.0162. The van der Waals surface area contributed by atoms with Crippen LogP contribution >= 0.6 is 0 Å². The topological polar surface area (TPSA) is 151 Å². The van der Waals surface area contributed by atoms with Crippen molar-refractivity contribution < 1.29 is 19.7 Å². The van der Waals surface area contributed by atoms with Gasteiger partial charge >= 0.3 is 5.69 Å². The summed E-state index contributed by atoms with van der Waals surface area (Å²) < 4.78 is 8.55. The molecule has 0 radical (unpaired) electrons. The molecule has 4 atom stereocenters. The quantitative estimate of drug-likeness (QED) is 0.426. The van der Waals surface area contributed by atoms with Crippen LogP contribution in [0, 0.1) is 13.8 Å². The van der Waals surface area contributed by atoms with Gasteiger partial charge in [-0.25, -0.2) is 4.79 Å². The molecule has 1 amide bonds. The van der Waals surface area contributed by atoms with Gasteiger partial charge in [0.1, 0.15) is 18.3 Å². The summed E-state index contributed by atoms with van der Waals surface area (Å²) in [6.45, 7) is 3.41. The third-order valence-corrected chi connectivity index (χ3v) is 5.50. The van der Waals surface area contributed by atoms with Gasteiger partial charge in [0, 0.05) is 30.9 Å². The number of hydrogen-bond acceptors (Lipinski definition) is 7. The van der Waals surface area contributed by atoms with Crippen LogP contribution in [0.4, 0.5) is 0 Å². The molecule has 2 aromatic rings. The fraction of sp³-hybridized carbons (Fsp3) is 0.579. The second-order valence-corrected chi connectivity index (χ2v) is 7.63. The number of rotatable bonds is 6. The van der Waals surface area contributed by atoms with Gasteiger partial charge in [-0.05, 0) is 25.8 Å². The molecule has 2 aromatic heterocycles. The van der Waals surface area contributed by atoms with Crippen molar-refractivity contribution in [2.24, 2.45) is 7.05 Å². The summed E-state index contributed by atoms with van der Waals surface area (Å²) in [7, 11) is 1.83. The number of aromatic nitrogens is 4.